The lowest BCUT2D eigenvalue weighted by atomic mass is 10.0. The van der Waals surface area contributed by atoms with Crippen LogP contribution in [0.5, 0.6) is 0 Å². The second-order valence-corrected chi connectivity index (χ2v) is 4.16. The number of nitro groups is 1. The molecule has 2 aromatic carbocycles. The van der Waals surface area contributed by atoms with E-state index < -0.39 is 11.0 Å². The Bertz CT molecular complexity index is 583. The van der Waals surface area contributed by atoms with Gasteiger partial charge in [-0.05, 0) is 17.7 Å². The molecule has 0 aliphatic carbocycles. The highest BCUT2D eigenvalue weighted by molar-refractivity contribution is 5.40. The summed E-state index contributed by atoms with van der Waals surface area (Å²) in [6.45, 7) is 0. The van der Waals surface area contributed by atoms with Gasteiger partial charge in [-0.3, -0.25) is 10.1 Å². The third-order valence-corrected chi connectivity index (χ3v) is 2.86. The molecule has 1 N–H and O–H groups in total. The second kappa shape index (κ2) is 5.58. The van der Waals surface area contributed by atoms with Crippen LogP contribution in [-0.2, 0) is 6.42 Å². The van der Waals surface area contributed by atoms with Gasteiger partial charge in [-0.1, -0.05) is 30.3 Å². The molecule has 2 rings (SSSR count). The average molecular weight is 261 g/mol. The van der Waals surface area contributed by atoms with E-state index in [9.17, 15) is 19.6 Å². The molecular weight excluding hydrogens is 249 g/mol. The van der Waals surface area contributed by atoms with Gasteiger partial charge in [-0.25, -0.2) is 4.39 Å². The lowest BCUT2D eigenvalue weighted by Crippen LogP contribution is -2.04. The molecule has 0 saturated carbocycles. The van der Waals surface area contributed by atoms with Crippen LogP contribution < -0.4 is 0 Å². The first kappa shape index (κ1) is 13.2. The molecule has 5 heteroatoms. The average Bonchev–Trinajstić information content (AvgIpc) is 2.39. The molecule has 1 unspecified atom stereocenters. The van der Waals surface area contributed by atoms with Gasteiger partial charge in [0.15, 0.2) is 0 Å². The SMILES string of the molecule is O=[N+]([O-])c1ccccc1CC(O)c1ccc(F)cc1. The summed E-state index contributed by atoms with van der Waals surface area (Å²) < 4.78 is 12.8. The number of benzene rings is 2. The maximum atomic E-state index is 12.8. The molecule has 19 heavy (non-hydrogen) atoms. The minimum absolute atomic E-state index is 0.0244. The van der Waals surface area contributed by atoms with Crippen molar-refractivity contribution in [1.29, 1.82) is 0 Å². The van der Waals surface area contributed by atoms with Gasteiger partial charge >= 0.3 is 0 Å². The van der Waals surface area contributed by atoms with E-state index in [4.69, 9.17) is 0 Å². The highest BCUT2D eigenvalue weighted by atomic mass is 19.1. The first-order chi connectivity index (χ1) is 9.08. The third kappa shape index (κ3) is 3.14. The maximum absolute atomic E-state index is 12.8. The molecule has 98 valence electrons. The number of hydrogen-bond donors (Lipinski definition) is 1. The predicted octanol–water partition coefficient (Wildman–Crippen LogP) is 3.01. The number of nitrogens with zero attached hydrogens (tertiary/aromatic N) is 1. The highest BCUT2D eigenvalue weighted by Gasteiger charge is 2.17. The Morgan fingerprint density at radius 2 is 1.79 bits per heavy atom. The van der Waals surface area contributed by atoms with E-state index in [2.05, 4.69) is 0 Å². The van der Waals surface area contributed by atoms with E-state index in [1.165, 1.54) is 30.3 Å². The normalized spacial score (nSPS) is 12.1. The summed E-state index contributed by atoms with van der Waals surface area (Å²) in [7, 11) is 0. The highest BCUT2D eigenvalue weighted by Crippen LogP contribution is 2.24. The summed E-state index contributed by atoms with van der Waals surface area (Å²) >= 11 is 0. The van der Waals surface area contributed by atoms with Crippen LogP contribution in [0.1, 0.15) is 17.2 Å². The number of hydrogen-bond acceptors (Lipinski definition) is 3. The first-order valence-corrected chi connectivity index (χ1v) is 5.74. The fourth-order valence-corrected chi connectivity index (χ4v) is 1.87. The Balaban J connectivity index is 2.21. The molecule has 0 aliphatic heterocycles. The van der Waals surface area contributed by atoms with Crippen LogP contribution in [0.25, 0.3) is 0 Å². The predicted molar refractivity (Wildman–Crippen MR) is 68.2 cm³/mol. The van der Waals surface area contributed by atoms with Crippen LogP contribution in [-0.4, -0.2) is 10.0 Å². The fraction of sp³-hybridized carbons (Fsp3) is 0.143. The molecule has 0 heterocycles. The zero-order valence-corrected chi connectivity index (χ0v) is 9.99. The number of halogens is 1. The quantitative estimate of drug-likeness (QED) is 0.679. The van der Waals surface area contributed by atoms with E-state index in [1.54, 1.807) is 18.2 Å². The van der Waals surface area contributed by atoms with Gasteiger partial charge in [-0.2, -0.15) is 0 Å². The van der Waals surface area contributed by atoms with Gasteiger partial charge in [-0.15, -0.1) is 0 Å². The Hall–Kier alpha value is -2.27. The van der Waals surface area contributed by atoms with Gasteiger partial charge in [0.2, 0.25) is 0 Å². The summed E-state index contributed by atoms with van der Waals surface area (Å²) in [5, 5.41) is 20.9. The largest absolute Gasteiger partial charge is 0.388 e. The van der Waals surface area contributed by atoms with E-state index in [0.29, 0.717) is 11.1 Å². The Morgan fingerprint density at radius 3 is 2.42 bits per heavy atom. The molecule has 0 bridgehead atoms. The van der Waals surface area contributed by atoms with Crippen molar-refractivity contribution in [2.24, 2.45) is 0 Å². The summed E-state index contributed by atoms with van der Waals surface area (Å²) in [6.07, 6.45) is -0.787. The fourth-order valence-electron chi connectivity index (χ4n) is 1.87. The van der Waals surface area contributed by atoms with Crippen molar-refractivity contribution in [3.63, 3.8) is 0 Å². The Labute approximate surface area is 109 Å². The van der Waals surface area contributed by atoms with Crippen molar-refractivity contribution in [2.75, 3.05) is 0 Å². The van der Waals surface area contributed by atoms with Crippen molar-refractivity contribution in [3.05, 3.63) is 75.6 Å². The molecule has 0 radical (unpaired) electrons. The Morgan fingerprint density at radius 1 is 1.16 bits per heavy atom. The van der Waals surface area contributed by atoms with Crippen LogP contribution in [0.3, 0.4) is 0 Å². The van der Waals surface area contributed by atoms with Gasteiger partial charge in [0.05, 0.1) is 11.0 Å². The van der Waals surface area contributed by atoms with Gasteiger partial charge in [0.25, 0.3) is 5.69 Å². The van der Waals surface area contributed by atoms with Crippen molar-refractivity contribution in [2.45, 2.75) is 12.5 Å². The molecule has 0 amide bonds. The van der Waals surface area contributed by atoms with E-state index in [1.807, 2.05) is 0 Å². The molecule has 0 spiro atoms. The topological polar surface area (TPSA) is 63.4 Å². The minimum atomic E-state index is -0.901. The van der Waals surface area contributed by atoms with E-state index in [0.717, 1.165) is 0 Å². The van der Waals surface area contributed by atoms with Gasteiger partial charge < -0.3 is 5.11 Å². The molecule has 0 aliphatic rings. The standard InChI is InChI=1S/C14H12FNO3/c15-12-7-5-10(6-8-12)14(17)9-11-3-1-2-4-13(11)16(18)19/h1-8,14,17H,9H2. The summed E-state index contributed by atoms with van der Waals surface area (Å²) in [5.74, 6) is -0.387. The third-order valence-electron chi connectivity index (χ3n) is 2.86. The lowest BCUT2D eigenvalue weighted by Gasteiger charge is -2.11. The number of nitro benzene ring substituents is 1. The molecule has 0 aromatic heterocycles. The smallest absolute Gasteiger partial charge is 0.272 e. The van der Waals surface area contributed by atoms with Crippen molar-refractivity contribution in [1.82, 2.24) is 0 Å². The molecule has 4 nitrogen and oxygen atoms in total. The maximum Gasteiger partial charge on any atom is 0.272 e. The summed E-state index contributed by atoms with van der Waals surface area (Å²) in [4.78, 5) is 10.4. The molecule has 0 saturated heterocycles. The number of aliphatic hydroxyl groups excluding tert-OH is 1. The van der Waals surface area contributed by atoms with Crippen LogP contribution in [0.15, 0.2) is 48.5 Å². The monoisotopic (exact) mass is 261 g/mol. The van der Waals surface area contributed by atoms with Crippen molar-refractivity contribution in [3.8, 4) is 0 Å². The zero-order valence-electron chi connectivity index (χ0n) is 9.99. The minimum Gasteiger partial charge on any atom is -0.388 e. The van der Waals surface area contributed by atoms with Gasteiger partial charge in [0, 0.05) is 18.1 Å². The molecule has 2 aromatic rings. The van der Waals surface area contributed by atoms with Crippen LogP contribution in [0.4, 0.5) is 10.1 Å². The second-order valence-electron chi connectivity index (χ2n) is 4.16. The number of para-hydroxylation sites is 1. The summed E-state index contributed by atoms with van der Waals surface area (Å²) in [5.41, 5.74) is 0.951. The van der Waals surface area contributed by atoms with Crippen LogP contribution in [0, 0.1) is 15.9 Å². The molecule has 0 fully saturated rings. The van der Waals surface area contributed by atoms with E-state index in [-0.39, 0.29) is 17.9 Å². The van der Waals surface area contributed by atoms with Gasteiger partial charge in [0.1, 0.15) is 5.82 Å². The number of rotatable bonds is 4. The van der Waals surface area contributed by atoms with Crippen LogP contribution in [0.2, 0.25) is 0 Å². The molecule has 1 atom stereocenters. The van der Waals surface area contributed by atoms with Crippen molar-refractivity contribution >= 4 is 5.69 Å². The zero-order chi connectivity index (χ0) is 13.8. The van der Waals surface area contributed by atoms with E-state index >= 15 is 0 Å². The summed E-state index contributed by atoms with van der Waals surface area (Å²) in [6, 6.07) is 11.7. The first-order valence-electron chi connectivity index (χ1n) is 5.74. The Kier molecular flexibility index (Phi) is 3.87. The van der Waals surface area contributed by atoms with Crippen LogP contribution >= 0.6 is 0 Å². The lowest BCUT2D eigenvalue weighted by molar-refractivity contribution is -0.385. The molecular formula is C14H12FNO3. The number of aliphatic hydroxyl groups is 1. The van der Waals surface area contributed by atoms with Crippen molar-refractivity contribution < 1.29 is 14.4 Å².